The van der Waals surface area contributed by atoms with Gasteiger partial charge in [-0.25, -0.2) is 4.39 Å². The number of thioether (sulfide) groups is 1. The van der Waals surface area contributed by atoms with E-state index in [1.165, 1.54) is 12.1 Å². The molecule has 6 heteroatoms. The van der Waals surface area contributed by atoms with Crippen molar-refractivity contribution in [1.82, 2.24) is 9.80 Å². The molecule has 1 aromatic rings. The van der Waals surface area contributed by atoms with Crippen LogP contribution in [0.1, 0.15) is 38.2 Å². The lowest BCUT2D eigenvalue weighted by molar-refractivity contribution is -0.131. The lowest BCUT2D eigenvalue weighted by Gasteiger charge is -2.41. The number of nitriles is 1. The van der Waals surface area contributed by atoms with Gasteiger partial charge in [-0.2, -0.15) is 5.26 Å². The molecule has 3 rings (SSSR count). The average molecular weight is 359 g/mol. The Morgan fingerprint density at radius 1 is 1.36 bits per heavy atom. The topological polar surface area (TPSA) is 47.3 Å². The van der Waals surface area contributed by atoms with Crippen molar-refractivity contribution >= 4 is 17.7 Å². The molecule has 1 saturated heterocycles. The maximum absolute atomic E-state index is 13.2. The Morgan fingerprint density at radius 2 is 2.08 bits per heavy atom. The molecule has 0 spiro atoms. The Balaban J connectivity index is 1.84. The van der Waals surface area contributed by atoms with E-state index in [0.717, 1.165) is 29.4 Å². The van der Waals surface area contributed by atoms with Gasteiger partial charge < -0.3 is 0 Å². The van der Waals surface area contributed by atoms with Crippen LogP contribution in [0.2, 0.25) is 0 Å². The minimum Gasteiger partial charge on any atom is -0.292 e. The summed E-state index contributed by atoms with van der Waals surface area (Å²) in [7, 11) is 0. The largest absolute Gasteiger partial charge is 0.292 e. The van der Waals surface area contributed by atoms with E-state index in [9.17, 15) is 14.4 Å². The number of allylic oxidation sites excluding steroid dienone is 1. The summed E-state index contributed by atoms with van der Waals surface area (Å²) in [5.41, 5.74) is 1.45. The van der Waals surface area contributed by atoms with Crippen LogP contribution in [0.25, 0.3) is 0 Å². The van der Waals surface area contributed by atoms with Gasteiger partial charge in [0.2, 0.25) is 5.91 Å². The van der Waals surface area contributed by atoms with Crippen LogP contribution >= 0.6 is 11.8 Å². The van der Waals surface area contributed by atoms with Gasteiger partial charge in [0.15, 0.2) is 0 Å². The summed E-state index contributed by atoms with van der Waals surface area (Å²) in [6, 6.07) is 8.41. The highest BCUT2D eigenvalue weighted by atomic mass is 32.2. The minimum atomic E-state index is -0.313. The quantitative estimate of drug-likeness (QED) is 0.818. The molecule has 2 aliphatic rings. The first-order valence-corrected chi connectivity index (χ1v) is 9.53. The summed E-state index contributed by atoms with van der Waals surface area (Å²) >= 11 is 1.56. The van der Waals surface area contributed by atoms with Crippen LogP contribution < -0.4 is 0 Å². The molecule has 132 valence electrons. The summed E-state index contributed by atoms with van der Waals surface area (Å²) < 4.78 is 13.2. The maximum Gasteiger partial charge on any atom is 0.229 e. The van der Waals surface area contributed by atoms with Gasteiger partial charge in [-0.15, -0.1) is 0 Å². The molecule has 25 heavy (non-hydrogen) atoms. The number of hydrogen-bond donors (Lipinski definition) is 0. The third-order valence-electron chi connectivity index (χ3n) is 4.64. The summed E-state index contributed by atoms with van der Waals surface area (Å²) in [5.74, 6) is 0.847. The number of carbonyl (C=O) groups excluding carboxylic acids is 1. The third-order valence-corrected chi connectivity index (χ3v) is 5.85. The predicted octanol–water partition coefficient (Wildman–Crippen LogP) is 3.89. The highest BCUT2D eigenvalue weighted by Gasteiger charge is 2.38. The normalized spacial score (nSPS) is 21.5. The van der Waals surface area contributed by atoms with Gasteiger partial charge in [0, 0.05) is 18.9 Å². The lowest BCUT2D eigenvalue weighted by Crippen LogP contribution is -2.47. The molecule has 4 nitrogen and oxygen atoms in total. The van der Waals surface area contributed by atoms with Gasteiger partial charge in [0.25, 0.3) is 0 Å². The van der Waals surface area contributed by atoms with E-state index in [2.05, 4.69) is 24.8 Å². The fourth-order valence-corrected chi connectivity index (χ4v) is 4.34. The van der Waals surface area contributed by atoms with Crippen molar-refractivity contribution in [2.24, 2.45) is 5.92 Å². The molecule has 1 aromatic carbocycles. The van der Waals surface area contributed by atoms with E-state index in [-0.39, 0.29) is 24.1 Å². The smallest absolute Gasteiger partial charge is 0.229 e. The van der Waals surface area contributed by atoms with E-state index in [1.54, 1.807) is 28.8 Å². The lowest BCUT2D eigenvalue weighted by atomic mass is 9.86. The van der Waals surface area contributed by atoms with Crippen molar-refractivity contribution in [3.8, 4) is 6.07 Å². The summed E-state index contributed by atoms with van der Waals surface area (Å²) in [5, 5.41) is 10.5. The molecule has 0 aliphatic carbocycles. The second kappa shape index (κ2) is 7.59. The first kappa shape index (κ1) is 18.0. The van der Waals surface area contributed by atoms with Gasteiger partial charge >= 0.3 is 0 Å². The molecule has 2 aliphatic heterocycles. The van der Waals surface area contributed by atoms with Crippen LogP contribution in [0.15, 0.2) is 34.9 Å². The Morgan fingerprint density at radius 3 is 2.72 bits per heavy atom. The Kier molecular flexibility index (Phi) is 5.45. The number of halogens is 1. The Labute approximate surface area is 152 Å². The van der Waals surface area contributed by atoms with Crippen LogP contribution in [0.3, 0.4) is 0 Å². The van der Waals surface area contributed by atoms with Crippen LogP contribution in [0, 0.1) is 23.1 Å². The monoisotopic (exact) mass is 359 g/mol. The number of benzene rings is 1. The van der Waals surface area contributed by atoms with E-state index in [4.69, 9.17) is 0 Å². The molecular weight excluding hydrogens is 337 g/mol. The molecule has 0 aromatic heterocycles. The summed E-state index contributed by atoms with van der Waals surface area (Å²) in [6.45, 7) is 5.88. The molecule has 1 atom stereocenters. The maximum atomic E-state index is 13.2. The molecule has 2 heterocycles. The van der Waals surface area contributed by atoms with Crippen molar-refractivity contribution < 1.29 is 9.18 Å². The van der Waals surface area contributed by atoms with Crippen molar-refractivity contribution in [2.75, 3.05) is 19.1 Å². The second-order valence-corrected chi connectivity index (χ2v) is 7.89. The third kappa shape index (κ3) is 3.88. The summed E-state index contributed by atoms with van der Waals surface area (Å²) in [4.78, 5) is 16.7. The average Bonchev–Trinajstić information content (AvgIpc) is 2.60. The zero-order valence-electron chi connectivity index (χ0n) is 14.5. The highest BCUT2D eigenvalue weighted by Crippen LogP contribution is 2.42. The minimum absolute atomic E-state index is 0.0325. The fourth-order valence-electron chi connectivity index (χ4n) is 3.17. The van der Waals surface area contributed by atoms with Gasteiger partial charge in [0.1, 0.15) is 5.82 Å². The van der Waals surface area contributed by atoms with E-state index >= 15 is 0 Å². The number of carbonyl (C=O) groups is 1. The van der Waals surface area contributed by atoms with Crippen molar-refractivity contribution in [2.45, 2.75) is 32.6 Å². The standard InChI is InChI=1S/C19H22FN3OS/c1-13(2)7-8-22-11-23-18(24)9-16(14-3-5-15(20)6-4-14)17(10-21)19(23)25-12-22/h3-6,13,16H,7-9,11-12H2,1-2H3/t16-/m0/s1. The van der Waals surface area contributed by atoms with E-state index < -0.39 is 0 Å². The van der Waals surface area contributed by atoms with Crippen molar-refractivity contribution in [3.05, 3.63) is 46.2 Å². The molecule has 0 N–H and O–H groups in total. The first-order chi connectivity index (χ1) is 12.0. The number of hydrogen-bond acceptors (Lipinski definition) is 4. The zero-order valence-corrected chi connectivity index (χ0v) is 15.4. The predicted molar refractivity (Wildman–Crippen MR) is 96.7 cm³/mol. The molecule has 0 unspecified atom stereocenters. The van der Waals surface area contributed by atoms with Crippen molar-refractivity contribution in [3.63, 3.8) is 0 Å². The van der Waals surface area contributed by atoms with Crippen LogP contribution in [-0.4, -0.2) is 34.8 Å². The Hall–Kier alpha value is -1.84. The van der Waals surface area contributed by atoms with Crippen LogP contribution in [0.4, 0.5) is 4.39 Å². The Bertz CT molecular complexity index is 723. The molecule has 1 amide bonds. The van der Waals surface area contributed by atoms with E-state index in [1.807, 2.05) is 0 Å². The molecular formula is C19H22FN3OS. The number of rotatable bonds is 4. The molecule has 1 fully saturated rings. The van der Waals surface area contributed by atoms with Crippen molar-refractivity contribution in [1.29, 1.82) is 5.26 Å². The number of nitrogens with zero attached hydrogens (tertiary/aromatic N) is 3. The SMILES string of the molecule is CC(C)CCN1CSC2=C(C#N)[C@H](c3ccc(F)cc3)CC(=O)N2C1. The van der Waals surface area contributed by atoms with Crippen LogP contribution in [-0.2, 0) is 4.79 Å². The van der Waals surface area contributed by atoms with Gasteiger partial charge in [-0.3, -0.25) is 14.6 Å². The summed E-state index contributed by atoms with van der Waals surface area (Å²) in [6.07, 6.45) is 1.35. The van der Waals surface area contributed by atoms with Crippen LogP contribution in [0.5, 0.6) is 0 Å². The van der Waals surface area contributed by atoms with E-state index in [0.29, 0.717) is 18.2 Å². The molecule has 0 saturated carbocycles. The molecule has 0 bridgehead atoms. The zero-order chi connectivity index (χ0) is 18.0. The van der Waals surface area contributed by atoms with Gasteiger partial charge in [0.05, 0.1) is 29.2 Å². The molecule has 0 radical (unpaired) electrons. The first-order valence-electron chi connectivity index (χ1n) is 8.55. The second-order valence-electron chi connectivity index (χ2n) is 6.95. The highest BCUT2D eigenvalue weighted by molar-refractivity contribution is 8.03. The van der Waals surface area contributed by atoms with Gasteiger partial charge in [-0.05, 0) is 30.0 Å². The number of amides is 1. The number of fused-ring (bicyclic) bond motifs is 1. The fraction of sp³-hybridized carbons (Fsp3) is 0.474. The van der Waals surface area contributed by atoms with Gasteiger partial charge in [-0.1, -0.05) is 37.7 Å².